The third-order valence-electron chi connectivity index (χ3n) is 5.03. The largest absolute Gasteiger partial charge is 0.497 e. The van der Waals surface area contributed by atoms with Crippen LogP contribution >= 0.6 is 11.3 Å². The third-order valence-corrected chi connectivity index (χ3v) is 5.89. The van der Waals surface area contributed by atoms with E-state index in [-0.39, 0.29) is 12.2 Å². The summed E-state index contributed by atoms with van der Waals surface area (Å²) >= 11 is 1.47. The molecule has 1 atom stereocenters. The molecule has 4 rings (SSSR count). The number of hydrogen-bond acceptors (Lipinski definition) is 6. The van der Waals surface area contributed by atoms with Crippen molar-refractivity contribution in [2.45, 2.75) is 12.6 Å². The zero-order valence-corrected chi connectivity index (χ0v) is 19.0. The van der Waals surface area contributed by atoms with Gasteiger partial charge in [-0.3, -0.25) is 14.6 Å². The first kappa shape index (κ1) is 23.1. The van der Waals surface area contributed by atoms with Crippen molar-refractivity contribution < 1.29 is 18.7 Å². The number of carbonyl (C=O) groups is 2. The summed E-state index contributed by atoms with van der Waals surface area (Å²) in [6.45, 7) is 0.172. The molecular formula is C25H21FN4O3S. The Bertz CT molecular complexity index is 1250. The van der Waals surface area contributed by atoms with Crippen LogP contribution in [0.3, 0.4) is 0 Å². The average molecular weight is 477 g/mol. The summed E-state index contributed by atoms with van der Waals surface area (Å²) in [5, 5.41) is 4.70. The van der Waals surface area contributed by atoms with Crippen molar-refractivity contribution in [3.63, 3.8) is 0 Å². The molecule has 0 spiro atoms. The van der Waals surface area contributed by atoms with Crippen LogP contribution in [0, 0.1) is 5.82 Å². The molecule has 0 saturated carbocycles. The zero-order valence-electron chi connectivity index (χ0n) is 18.2. The summed E-state index contributed by atoms with van der Waals surface area (Å²) in [6.07, 6.45) is 4.27. The van der Waals surface area contributed by atoms with E-state index in [1.165, 1.54) is 66.2 Å². The third kappa shape index (κ3) is 5.44. The predicted octanol–water partition coefficient (Wildman–Crippen LogP) is 4.71. The molecule has 1 N–H and O–H groups in total. The number of anilines is 1. The molecule has 0 aliphatic rings. The Morgan fingerprint density at radius 3 is 2.62 bits per heavy atom. The zero-order chi connectivity index (χ0) is 23.9. The van der Waals surface area contributed by atoms with E-state index in [9.17, 15) is 14.0 Å². The highest BCUT2D eigenvalue weighted by molar-refractivity contribution is 7.09. The van der Waals surface area contributed by atoms with Gasteiger partial charge in [0.05, 0.1) is 19.9 Å². The summed E-state index contributed by atoms with van der Waals surface area (Å²) < 4.78 is 18.7. The molecule has 2 aromatic heterocycles. The van der Waals surface area contributed by atoms with Crippen LogP contribution in [-0.2, 0) is 11.3 Å². The molecule has 9 heteroatoms. The Kier molecular flexibility index (Phi) is 7.24. The van der Waals surface area contributed by atoms with E-state index in [1.54, 1.807) is 24.3 Å². The maximum Gasteiger partial charge on any atom is 0.275 e. The number of benzene rings is 2. The Labute approximate surface area is 199 Å². The summed E-state index contributed by atoms with van der Waals surface area (Å²) in [5.41, 5.74) is 1.07. The molecule has 0 aliphatic heterocycles. The highest BCUT2D eigenvalue weighted by atomic mass is 32.1. The number of rotatable bonds is 8. The average Bonchev–Trinajstić information content (AvgIpc) is 3.38. The number of halogens is 1. The van der Waals surface area contributed by atoms with Crippen LogP contribution in [0.4, 0.5) is 10.1 Å². The topological polar surface area (TPSA) is 84.4 Å². The number of methoxy groups -OCH3 is 1. The summed E-state index contributed by atoms with van der Waals surface area (Å²) in [5.74, 6) is -0.795. The molecule has 4 aromatic rings. The number of aromatic nitrogens is 2. The van der Waals surface area contributed by atoms with E-state index < -0.39 is 23.7 Å². The van der Waals surface area contributed by atoms with Gasteiger partial charge in [-0.25, -0.2) is 9.37 Å². The molecule has 0 radical (unpaired) electrons. The van der Waals surface area contributed by atoms with E-state index in [0.29, 0.717) is 17.0 Å². The highest BCUT2D eigenvalue weighted by Gasteiger charge is 2.33. The standard InChI is InChI=1S/C25H21FN4O3S/c1-33-20-5-2-4-17(14-20)23(24(31)29-19-9-7-18(26)8-10-19)30(16-21-6-3-13-34-21)25(32)22-15-27-11-12-28-22/h2-15,23H,16H2,1H3,(H,29,31)/t23-/m0/s1. The van der Waals surface area contributed by atoms with Crippen molar-refractivity contribution in [2.24, 2.45) is 0 Å². The molecule has 0 saturated heterocycles. The Morgan fingerprint density at radius 1 is 1.12 bits per heavy atom. The van der Waals surface area contributed by atoms with E-state index in [4.69, 9.17) is 4.74 Å². The molecule has 2 amide bonds. The summed E-state index contributed by atoms with van der Waals surface area (Å²) in [4.78, 5) is 37.7. The maximum atomic E-state index is 13.6. The van der Waals surface area contributed by atoms with E-state index in [1.807, 2.05) is 17.5 Å². The number of nitrogens with one attached hydrogen (secondary N) is 1. The Hall–Kier alpha value is -4.11. The summed E-state index contributed by atoms with van der Waals surface area (Å²) in [6, 6.07) is 15.1. The lowest BCUT2D eigenvalue weighted by Crippen LogP contribution is -2.41. The van der Waals surface area contributed by atoms with E-state index >= 15 is 0 Å². The number of thiophene rings is 1. The predicted molar refractivity (Wildman–Crippen MR) is 127 cm³/mol. The number of nitrogens with zero attached hydrogens (tertiary/aromatic N) is 3. The fourth-order valence-corrected chi connectivity index (χ4v) is 4.14. The minimum absolute atomic E-state index is 0.113. The molecule has 7 nitrogen and oxygen atoms in total. The smallest absolute Gasteiger partial charge is 0.275 e. The van der Waals surface area contributed by atoms with Gasteiger partial charge in [0.25, 0.3) is 11.8 Å². The highest BCUT2D eigenvalue weighted by Crippen LogP contribution is 2.30. The second-order valence-electron chi connectivity index (χ2n) is 7.28. The van der Waals surface area contributed by atoms with Crippen molar-refractivity contribution in [2.75, 3.05) is 12.4 Å². The lowest BCUT2D eigenvalue weighted by molar-refractivity contribution is -0.121. The number of hydrogen-bond donors (Lipinski definition) is 1. The normalized spacial score (nSPS) is 11.5. The lowest BCUT2D eigenvalue weighted by atomic mass is 10.0. The first-order valence-electron chi connectivity index (χ1n) is 10.3. The molecule has 34 heavy (non-hydrogen) atoms. The van der Waals surface area contributed by atoms with Crippen LogP contribution in [0.5, 0.6) is 5.75 Å². The summed E-state index contributed by atoms with van der Waals surface area (Å²) in [7, 11) is 1.53. The van der Waals surface area contributed by atoms with Gasteiger partial charge in [0.2, 0.25) is 0 Å². The van der Waals surface area contributed by atoms with Crippen molar-refractivity contribution >= 4 is 28.8 Å². The number of carbonyl (C=O) groups excluding carboxylic acids is 2. The van der Waals surface area contributed by atoms with Gasteiger partial charge in [-0.05, 0) is 53.4 Å². The van der Waals surface area contributed by atoms with Crippen molar-refractivity contribution in [3.05, 3.63) is 107 Å². The molecule has 0 aliphatic carbocycles. The first-order chi connectivity index (χ1) is 16.5. The van der Waals surface area contributed by atoms with Crippen LogP contribution in [0.2, 0.25) is 0 Å². The Morgan fingerprint density at radius 2 is 1.94 bits per heavy atom. The second kappa shape index (κ2) is 10.7. The monoisotopic (exact) mass is 476 g/mol. The van der Waals surface area contributed by atoms with Crippen molar-refractivity contribution in [1.29, 1.82) is 0 Å². The maximum absolute atomic E-state index is 13.6. The number of ether oxygens (including phenoxy) is 1. The SMILES string of the molecule is COc1cccc([C@@H](C(=O)Nc2ccc(F)cc2)N(Cc2cccs2)C(=O)c2cnccn2)c1. The van der Waals surface area contributed by atoms with Crippen LogP contribution in [0.15, 0.2) is 84.6 Å². The lowest BCUT2D eigenvalue weighted by Gasteiger charge is -2.31. The number of amides is 2. The van der Waals surface area contributed by atoms with E-state index in [2.05, 4.69) is 15.3 Å². The fourth-order valence-electron chi connectivity index (χ4n) is 3.44. The Balaban J connectivity index is 1.78. The van der Waals surface area contributed by atoms with Gasteiger partial charge in [-0.2, -0.15) is 0 Å². The quantitative estimate of drug-likeness (QED) is 0.398. The first-order valence-corrected chi connectivity index (χ1v) is 11.2. The van der Waals surface area contributed by atoms with Crippen molar-refractivity contribution in [3.8, 4) is 5.75 Å². The van der Waals surface area contributed by atoms with Crippen LogP contribution in [0.1, 0.15) is 27.0 Å². The van der Waals surface area contributed by atoms with Gasteiger partial charge in [-0.15, -0.1) is 11.3 Å². The van der Waals surface area contributed by atoms with Crippen LogP contribution in [-0.4, -0.2) is 33.8 Å². The van der Waals surface area contributed by atoms with Gasteiger partial charge in [-0.1, -0.05) is 18.2 Å². The van der Waals surface area contributed by atoms with Gasteiger partial charge >= 0.3 is 0 Å². The van der Waals surface area contributed by atoms with Crippen molar-refractivity contribution in [1.82, 2.24) is 14.9 Å². The minimum atomic E-state index is -1.03. The van der Waals surface area contributed by atoms with Gasteiger partial charge in [0.1, 0.15) is 23.3 Å². The second-order valence-corrected chi connectivity index (χ2v) is 8.31. The molecule has 0 fully saturated rings. The van der Waals surface area contributed by atoms with E-state index in [0.717, 1.165) is 4.88 Å². The fraction of sp³-hybridized carbons (Fsp3) is 0.120. The molecular weight excluding hydrogens is 455 g/mol. The van der Waals surface area contributed by atoms with Gasteiger partial charge in [0.15, 0.2) is 0 Å². The molecule has 2 aromatic carbocycles. The van der Waals surface area contributed by atoms with Gasteiger partial charge < -0.3 is 15.0 Å². The molecule has 0 bridgehead atoms. The molecule has 172 valence electrons. The minimum Gasteiger partial charge on any atom is -0.497 e. The molecule has 2 heterocycles. The molecule has 0 unspecified atom stereocenters. The van der Waals surface area contributed by atoms with Gasteiger partial charge in [0, 0.05) is 23.0 Å². The van der Waals surface area contributed by atoms with Crippen LogP contribution in [0.25, 0.3) is 0 Å². The van der Waals surface area contributed by atoms with Crippen LogP contribution < -0.4 is 10.1 Å².